The van der Waals surface area contributed by atoms with Crippen molar-refractivity contribution in [3.05, 3.63) is 64.8 Å². The number of benzene rings is 1. The minimum Gasteiger partial charge on any atom is -0.395 e. The van der Waals surface area contributed by atoms with Gasteiger partial charge in [0.15, 0.2) is 0 Å². The van der Waals surface area contributed by atoms with E-state index in [1.54, 1.807) is 23.7 Å². The Kier molecular flexibility index (Phi) is 7.69. The molecule has 0 radical (unpaired) electrons. The fraction of sp³-hybridized carbons (Fsp3) is 0.400. The lowest BCUT2D eigenvalue weighted by molar-refractivity contribution is -0.126. The van der Waals surface area contributed by atoms with E-state index in [1.807, 2.05) is 36.1 Å². The number of anilines is 1. The van der Waals surface area contributed by atoms with Crippen LogP contribution in [-0.2, 0) is 17.8 Å². The Morgan fingerprint density at radius 2 is 2.15 bits per heavy atom. The number of hydrogen-bond acceptors (Lipinski definition) is 7. The van der Waals surface area contributed by atoms with E-state index in [0.717, 1.165) is 29.0 Å². The van der Waals surface area contributed by atoms with Crippen molar-refractivity contribution in [2.24, 2.45) is 0 Å². The summed E-state index contributed by atoms with van der Waals surface area (Å²) in [6.45, 7) is 7.70. The van der Waals surface area contributed by atoms with E-state index in [0.29, 0.717) is 26.2 Å². The zero-order valence-corrected chi connectivity index (χ0v) is 20.0. The summed E-state index contributed by atoms with van der Waals surface area (Å²) >= 11 is 1.65. The molecule has 0 bridgehead atoms. The molecule has 0 fully saturated rings. The molecule has 1 atom stereocenters. The topological polar surface area (TPSA) is 81.6 Å². The van der Waals surface area contributed by atoms with Crippen molar-refractivity contribution in [1.82, 2.24) is 19.8 Å². The van der Waals surface area contributed by atoms with Crippen molar-refractivity contribution >= 4 is 33.3 Å². The molecule has 8 heteroatoms. The van der Waals surface area contributed by atoms with Crippen LogP contribution in [-0.4, -0.2) is 63.6 Å². The first-order valence-corrected chi connectivity index (χ1v) is 12.3. The van der Waals surface area contributed by atoms with Crippen molar-refractivity contribution in [3.63, 3.8) is 0 Å². The van der Waals surface area contributed by atoms with Gasteiger partial charge in [-0.25, -0.2) is 9.97 Å². The number of thiophene rings is 1. The number of rotatable bonds is 9. The van der Waals surface area contributed by atoms with Gasteiger partial charge in [-0.2, -0.15) is 0 Å². The van der Waals surface area contributed by atoms with Crippen molar-refractivity contribution in [2.75, 3.05) is 38.1 Å². The maximum absolute atomic E-state index is 12.8. The first-order chi connectivity index (χ1) is 16.1. The zero-order chi connectivity index (χ0) is 23.2. The first kappa shape index (κ1) is 23.4. The number of hydrogen-bond donors (Lipinski definition) is 2. The zero-order valence-electron chi connectivity index (χ0n) is 19.2. The average Bonchev–Trinajstić information content (AvgIpc) is 3.22. The summed E-state index contributed by atoms with van der Waals surface area (Å²) in [6.07, 6.45) is 5.96. The summed E-state index contributed by atoms with van der Waals surface area (Å²) in [7, 11) is 0. The van der Waals surface area contributed by atoms with Crippen LogP contribution in [0.15, 0.2) is 48.8 Å². The number of nitrogens with zero attached hydrogens (tertiary/aromatic N) is 4. The number of nitrogens with one attached hydrogen (secondary N) is 1. The Morgan fingerprint density at radius 3 is 2.91 bits per heavy atom. The molecule has 7 nitrogen and oxygen atoms in total. The lowest BCUT2D eigenvalue weighted by Crippen LogP contribution is -2.34. The Bertz CT molecular complexity index is 1110. The van der Waals surface area contributed by atoms with E-state index < -0.39 is 0 Å². The van der Waals surface area contributed by atoms with Crippen LogP contribution in [0.1, 0.15) is 35.9 Å². The highest BCUT2D eigenvalue weighted by atomic mass is 32.1. The standard InChI is InChI=1S/C25H31N5O2S/c1-3-29(14-15-31)12-7-10-22(32)30-13-11-20-21(16-30)33-25-23(20)24(26-17-27-25)28-18(2)19-8-5-4-6-9-19/h4-10,17-18,31H,3,11-16H2,1-2H3,(H,26,27,28)/b10-7+/t18-/m1/s1. The molecule has 1 aliphatic heterocycles. The van der Waals surface area contributed by atoms with Gasteiger partial charge in [-0.05, 0) is 31.0 Å². The van der Waals surface area contributed by atoms with E-state index in [9.17, 15) is 4.79 Å². The van der Waals surface area contributed by atoms with Crippen molar-refractivity contribution in [2.45, 2.75) is 32.9 Å². The van der Waals surface area contributed by atoms with Gasteiger partial charge in [0, 0.05) is 36.6 Å². The molecule has 33 heavy (non-hydrogen) atoms. The molecule has 3 heterocycles. The molecule has 1 aliphatic rings. The molecule has 0 saturated carbocycles. The highest BCUT2D eigenvalue weighted by Crippen LogP contribution is 2.38. The maximum Gasteiger partial charge on any atom is 0.246 e. The number of amides is 1. The SMILES string of the molecule is CCN(C/C=C/C(=O)N1CCc2c(sc3ncnc(N[C@H](C)c4ccccc4)c23)C1)CCO. The van der Waals surface area contributed by atoms with Crippen LogP contribution in [0.4, 0.5) is 5.82 Å². The largest absolute Gasteiger partial charge is 0.395 e. The van der Waals surface area contributed by atoms with Crippen LogP contribution < -0.4 is 5.32 Å². The number of aliphatic hydroxyl groups excluding tert-OH is 1. The third kappa shape index (κ3) is 5.40. The second kappa shape index (κ2) is 10.9. The van der Waals surface area contributed by atoms with E-state index in [-0.39, 0.29) is 18.6 Å². The van der Waals surface area contributed by atoms with Gasteiger partial charge < -0.3 is 15.3 Å². The third-order valence-electron chi connectivity index (χ3n) is 6.09. The van der Waals surface area contributed by atoms with Crippen LogP contribution in [0.5, 0.6) is 0 Å². The summed E-state index contributed by atoms with van der Waals surface area (Å²) in [5, 5.41) is 13.8. The number of likely N-dealkylation sites (N-methyl/N-ethyl adjacent to an activating group) is 1. The van der Waals surface area contributed by atoms with Crippen LogP contribution in [0, 0.1) is 0 Å². The second-order valence-corrected chi connectivity index (χ2v) is 9.30. The minimum atomic E-state index is 0.0280. The van der Waals surface area contributed by atoms with Crippen LogP contribution >= 0.6 is 11.3 Å². The smallest absolute Gasteiger partial charge is 0.246 e. The van der Waals surface area contributed by atoms with Crippen molar-refractivity contribution in [1.29, 1.82) is 0 Å². The van der Waals surface area contributed by atoms with Gasteiger partial charge in [-0.3, -0.25) is 9.69 Å². The summed E-state index contributed by atoms with van der Waals surface area (Å²) < 4.78 is 0. The predicted octanol–water partition coefficient (Wildman–Crippen LogP) is 3.62. The molecule has 3 aromatic rings. The predicted molar refractivity (Wildman–Crippen MR) is 133 cm³/mol. The summed E-state index contributed by atoms with van der Waals surface area (Å²) in [5.41, 5.74) is 2.46. The Morgan fingerprint density at radius 1 is 1.33 bits per heavy atom. The van der Waals surface area contributed by atoms with E-state index in [4.69, 9.17) is 5.11 Å². The molecular weight excluding hydrogens is 434 g/mol. The quantitative estimate of drug-likeness (QED) is 0.470. The second-order valence-electron chi connectivity index (χ2n) is 8.21. The van der Waals surface area contributed by atoms with Gasteiger partial charge >= 0.3 is 0 Å². The average molecular weight is 466 g/mol. The van der Waals surface area contributed by atoms with Gasteiger partial charge in [0.2, 0.25) is 5.91 Å². The third-order valence-corrected chi connectivity index (χ3v) is 7.21. The van der Waals surface area contributed by atoms with Gasteiger partial charge in [-0.15, -0.1) is 11.3 Å². The highest BCUT2D eigenvalue weighted by molar-refractivity contribution is 7.19. The molecule has 0 saturated heterocycles. The monoisotopic (exact) mass is 465 g/mol. The van der Waals surface area contributed by atoms with Crippen LogP contribution in [0.25, 0.3) is 10.2 Å². The molecule has 0 unspecified atom stereocenters. The van der Waals surface area contributed by atoms with Crippen molar-refractivity contribution < 1.29 is 9.90 Å². The fourth-order valence-electron chi connectivity index (χ4n) is 4.18. The summed E-state index contributed by atoms with van der Waals surface area (Å²) in [4.78, 5) is 28.0. The number of carbonyl (C=O) groups excluding carboxylic acids is 1. The summed E-state index contributed by atoms with van der Waals surface area (Å²) in [6, 6.07) is 10.5. The number of aromatic nitrogens is 2. The van der Waals surface area contributed by atoms with Gasteiger partial charge in [0.05, 0.1) is 18.5 Å². The Hall–Kier alpha value is -2.81. The lowest BCUT2D eigenvalue weighted by Gasteiger charge is -2.26. The van der Waals surface area contributed by atoms with Gasteiger partial charge in [0.25, 0.3) is 0 Å². The van der Waals surface area contributed by atoms with Crippen molar-refractivity contribution in [3.8, 4) is 0 Å². The lowest BCUT2D eigenvalue weighted by atomic mass is 10.0. The normalized spacial score (nSPS) is 14.7. The number of carbonyl (C=O) groups is 1. The Balaban J connectivity index is 1.48. The molecule has 2 aromatic heterocycles. The highest BCUT2D eigenvalue weighted by Gasteiger charge is 2.26. The molecule has 0 spiro atoms. The number of aliphatic hydroxyl groups is 1. The van der Waals surface area contributed by atoms with Gasteiger partial charge in [-0.1, -0.05) is 43.3 Å². The molecule has 4 rings (SSSR count). The molecule has 1 amide bonds. The molecule has 1 aromatic carbocycles. The molecule has 2 N–H and O–H groups in total. The summed E-state index contributed by atoms with van der Waals surface area (Å²) in [5.74, 6) is 0.886. The molecule has 174 valence electrons. The fourth-order valence-corrected chi connectivity index (χ4v) is 5.39. The van der Waals surface area contributed by atoms with E-state index in [2.05, 4.69) is 39.2 Å². The Labute approximate surface area is 198 Å². The maximum atomic E-state index is 12.8. The van der Waals surface area contributed by atoms with Crippen LogP contribution in [0.2, 0.25) is 0 Å². The van der Waals surface area contributed by atoms with Crippen LogP contribution in [0.3, 0.4) is 0 Å². The first-order valence-electron chi connectivity index (χ1n) is 11.5. The minimum absolute atomic E-state index is 0.0280. The molecular formula is C25H31N5O2S. The molecule has 0 aliphatic carbocycles. The number of fused-ring (bicyclic) bond motifs is 3. The van der Waals surface area contributed by atoms with E-state index in [1.165, 1.54) is 16.0 Å². The van der Waals surface area contributed by atoms with Gasteiger partial charge in [0.1, 0.15) is 17.0 Å². The van der Waals surface area contributed by atoms with E-state index >= 15 is 0 Å².